The summed E-state index contributed by atoms with van der Waals surface area (Å²) in [4.78, 5) is 17.7. The Bertz CT molecular complexity index is 352. The highest BCUT2D eigenvalue weighted by Gasteiger charge is 2.25. The number of carbonyl (C=O) groups is 1. The number of rotatable bonds is 3. The van der Waals surface area contributed by atoms with Crippen LogP contribution in [0, 0.1) is 0 Å². The number of hydrogen-bond donors (Lipinski definition) is 1. The van der Waals surface area contributed by atoms with E-state index < -0.39 is 0 Å². The zero-order valence-electron chi connectivity index (χ0n) is 9.22. The number of nitrogens with one attached hydrogen (secondary N) is 1. The molecule has 2 rings (SSSR count). The Hall–Kier alpha value is -1.07. The largest absolute Gasteiger partial charge is 0.340 e. The molecule has 1 fully saturated rings. The van der Waals surface area contributed by atoms with E-state index in [1.54, 1.807) is 29.1 Å². The van der Waals surface area contributed by atoms with Crippen molar-refractivity contribution in [3.8, 4) is 0 Å². The van der Waals surface area contributed by atoms with E-state index in [4.69, 9.17) is 0 Å². The molecule has 1 aromatic heterocycles. The normalized spacial score (nSPS) is 19.7. The van der Waals surface area contributed by atoms with Gasteiger partial charge in [0.05, 0.1) is 6.04 Å². The molecule has 0 saturated carbocycles. The Morgan fingerprint density at radius 2 is 2.38 bits per heavy atom. The molecule has 86 valence electrons. The van der Waals surface area contributed by atoms with Crippen molar-refractivity contribution in [3.63, 3.8) is 0 Å². The number of carbonyl (C=O) groups excluding carboxylic acids is 1. The van der Waals surface area contributed by atoms with Crippen LogP contribution in [0.15, 0.2) is 24.5 Å². The summed E-state index contributed by atoms with van der Waals surface area (Å²) in [6.07, 6.45) is 3.49. The predicted molar refractivity (Wildman–Crippen MR) is 65.0 cm³/mol. The molecule has 1 amide bonds. The van der Waals surface area contributed by atoms with Gasteiger partial charge in [-0.2, -0.15) is 0 Å². The zero-order chi connectivity index (χ0) is 11.4. The van der Waals surface area contributed by atoms with Gasteiger partial charge in [-0.05, 0) is 17.7 Å². The predicted octanol–water partition coefficient (Wildman–Crippen LogP) is 0.702. The van der Waals surface area contributed by atoms with Gasteiger partial charge in [-0.1, -0.05) is 0 Å². The molecule has 1 unspecified atom stereocenters. The molecular formula is C11H15N3OS. The van der Waals surface area contributed by atoms with Crippen molar-refractivity contribution in [2.24, 2.45) is 0 Å². The van der Waals surface area contributed by atoms with E-state index in [9.17, 15) is 4.79 Å². The number of aromatic nitrogens is 1. The number of pyridine rings is 1. The first-order valence-electron chi connectivity index (χ1n) is 5.22. The van der Waals surface area contributed by atoms with Crippen LogP contribution >= 0.6 is 11.8 Å². The van der Waals surface area contributed by atoms with Gasteiger partial charge in [-0.3, -0.25) is 15.1 Å². The van der Waals surface area contributed by atoms with E-state index in [0.29, 0.717) is 6.54 Å². The van der Waals surface area contributed by atoms with E-state index in [-0.39, 0.29) is 11.9 Å². The molecule has 1 saturated heterocycles. The summed E-state index contributed by atoms with van der Waals surface area (Å²) in [6, 6.07) is 3.85. The van der Waals surface area contributed by atoms with E-state index in [1.165, 1.54) is 0 Å². The van der Waals surface area contributed by atoms with E-state index in [0.717, 1.165) is 17.2 Å². The highest BCUT2D eigenvalue weighted by molar-refractivity contribution is 7.99. The Morgan fingerprint density at radius 1 is 1.62 bits per heavy atom. The molecule has 1 atom stereocenters. The second-order valence-corrected chi connectivity index (χ2v) is 4.85. The molecule has 1 N–H and O–H groups in total. The number of thioether (sulfide) groups is 1. The lowest BCUT2D eigenvalue weighted by Crippen LogP contribution is -2.42. The fourth-order valence-corrected chi connectivity index (χ4v) is 2.59. The van der Waals surface area contributed by atoms with Gasteiger partial charge in [0.2, 0.25) is 5.91 Å². The SMILES string of the molecule is CN(Cc1ccncc1)C(=O)C1CSCN1. The minimum Gasteiger partial charge on any atom is -0.340 e. The van der Waals surface area contributed by atoms with E-state index in [2.05, 4.69) is 10.3 Å². The molecule has 0 bridgehead atoms. The van der Waals surface area contributed by atoms with Crippen LogP contribution in [0.5, 0.6) is 0 Å². The summed E-state index contributed by atoms with van der Waals surface area (Å²) in [7, 11) is 1.84. The summed E-state index contributed by atoms with van der Waals surface area (Å²) < 4.78 is 0. The highest BCUT2D eigenvalue weighted by Crippen LogP contribution is 2.12. The van der Waals surface area contributed by atoms with Crippen molar-refractivity contribution in [2.75, 3.05) is 18.7 Å². The molecule has 0 radical (unpaired) electrons. The standard InChI is InChI=1S/C11H15N3OS/c1-14(6-9-2-4-12-5-3-9)11(15)10-7-16-8-13-10/h2-5,10,13H,6-8H2,1H3. The molecule has 1 aromatic rings. The Labute approximate surface area is 99.4 Å². The summed E-state index contributed by atoms with van der Waals surface area (Å²) in [5.74, 6) is 1.92. The number of nitrogens with zero attached hydrogens (tertiary/aromatic N) is 2. The Kier molecular flexibility index (Phi) is 3.79. The maximum absolute atomic E-state index is 12.0. The minimum atomic E-state index is -0.0168. The summed E-state index contributed by atoms with van der Waals surface area (Å²) in [5, 5.41) is 3.18. The van der Waals surface area contributed by atoms with Crippen molar-refractivity contribution in [1.82, 2.24) is 15.2 Å². The summed E-state index contributed by atoms with van der Waals surface area (Å²) in [5.41, 5.74) is 1.11. The second-order valence-electron chi connectivity index (χ2n) is 3.82. The lowest BCUT2D eigenvalue weighted by atomic mass is 10.2. The van der Waals surface area contributed by atoms with Gasteiger partial charge in [0.25, 0.3) is 0 Å². The third-order valence-electron chi connectivity index (χ3n) is 2.56. The molecule has 16 heavy (non-hydrogen) atoms. The molecular weight excluding hydrogens is 222 g/mol. The smallest absolute Gasteiger partial charge is 0.240 e. The minimum absolute atomic E-state index is 0.0168. The van der Waals surface area contributed by atoms with Gasteiger partial charge < -0.3 is 4.90 Å². The molecule has 1 aliphatic heterocycles. The molecule has 0 aliphatic carbocycles. The third kappa shape index (κ3) is 2.74. The quantitative estimate of drug-likeness (QED) is 0.840. The highest BCUT2D eigenvalue weighted by atomic mass is 32.2. The number of hydrogen-bond acceptors (Lipinski definition) is 4. The van der Waals surface area contributed by atoms with Gasteiger partial charge in [0.1, 0.15) is 0 Å². The van der Waals surface area contributed by atoms with Crippen molar-refractivity contribution < 1.29 is 4.79 Å². The molecule has 0 spiro atoms. The topological polar surface area (TPSA) is 45.2 Å². The van der Waals surface area contributed by atoms with Crippen molar-refractivity contribution in [1.29, 1.82) is 0 Å². The van der Waals surface area contributed by atoms with Crippen molar-refractivity contribution in [2.45, 2.75) is 12.6 Å². The van der Waals surface area contributed by atoms with Crippen LogP contribution in [0.3, 0.4) is 0 Å². The van der Waals surface area contributed by atoms with E-state index >= 15 is 0 Å². The van der Waals surface area contributed by atoms with Gasteiger partial charge in [0, 0.05) is 37.6 Å². The lowest BCUT2D eigenvalue weighted by molar-refractivity contribution is -0.131. The van der Waals surface area contributed by atoms with Crippen LogP contribution in [0.25, 0.3) is 0 Å². The lowest BCUT2D eigenvalue weighted by Gasteiger charge is -2.20. The van der Waals surface area contributed by atoms with Crippen LogP contribution < -0.4 is 5.32 Å². The molecule has 4 nitrogen and oxygen atoms in total. The first-order chi connectivity index (χ1) is 7.77. The maximum Gasteiger partial charge on any atom is 0.240 e. The van der Waals surface area contributed by atoms with Gasteiger partial charge in [0.15, 0.2) is 0 Å². The number of amides is 1. The summed E-state index contributed by atoms with van der Waals surface area (Å²) in [6.45, 7) is 0.643. The van der Waals surface area contributed by atoms with Gasteiger partial charge in [-0.25, -0.2) is 0 Å². The first-order valence-corrected chi connectivity index (χ1v) is 6.38. The van der Waals surface area contributed by atoms with Crippen molar-refractivity contribution in [3.05, 3.63) is 30.1 Å². The molecule has 5 heteroatoms. The average Bonchev–Trinajstić information content (AvgIpc) is 2.83. The Balaban J connectivity index is 1.92. The molecule has 0 aromatic carbocycles. The maximum atomic E-state index is 12.0. The van der Waals surface area contributed by atoms with Crippen LogP contribution in [-0.4, -0.2) is 40.5 Å². The van der Waals surface area contributed by atoms with Crippen LogP contribution in [0.2, 0.25) is 0 Å². The summed E-state index contributed by atoms with van der Waals surface area (Å²) >= 11 is 1.77. The van der Waals surface area contributed by atoms with Gasteiger partial charge in [-0.15, -0.1) is 11.8 Å². The fraction of sp³-hybridized carbons (Fsp3) is 0.455. The van der Waals surface area contributed by atoms with Crippen LogP contribution in [0.4, 0.5) is 0 Å². The fourth-order valence-electron chi connectivity index (χ4n) is 1.66. The third-order valence-corrected chi connectivity index (χ3v) is 3.50. The second kappa shape index (κ2) is 5.32. The molecule has 2 heterocycles. The monoisotopic (exact) mass is 237 g/mol. The Morgan fingerprint density at radius 3 is 3.00 bits per heavy atom. The first kappa shape index (κ1) is 11.4. The number of likely N-dealkylation sites (N-methyl/N-ethyl adjacent to an activating group) is 1. The molecule has 1 aliphatic rings. The van der Waals surface area contributed by atoms with Crippen LogP contribution in [-0.2, 0) is 11.3 Å². The average molecular weight is 237 g/mol. The van der Waals surface area contributed by atoms with E-state index in [1.807, 2.05) is 19.2 Å². The van der Waals surface area contributed by atoms with Crippen LogP contribution in [0.1, 0.15) is 5.56 Å². The van der Waals surface area contributed by atoms with Crippen molar-refractivity contribution >= 4 is 17.7 Å². The van der Waals surface area contributed by atoms with Gasteiger partial charge >= 0.3 is 0 Å². The zero-order valence-corrected chi connectivity index (χ0v) is 10.0.